The Labute approximate surface area is 186 Å². The summed E-state index contributed by atoms with van der Waals surface area (Å²) in [5.74, 6) is -1.23. The van der Waals surface area contributed by atoms with Crippen molar-refractivity contribution < 1.29 is 14.4 Å². The lowest BCUT2D eigenvalue weighted by Crippen LogP contribution is -2.49. The van der Waals surface area contributed by atoms with E-state index in [9.17, 15) is 14.4 Å². The molecule has 0 saturated carbocycles. The van der Waals surface area contributed by atoms with E-state index in [0.29, 0.717) is 16.3 Å². The fourth-order valence-corrected chi connectivity index (χ4v) is 3.47. The van der Waals surface area contributed by atoms with Crippen LogP contribution in [-0.4, -0.2) is 45.8 Å². The van der Waals surface area contributed by atoms with Gasteiger partial charge in [-0.3, -0.25) is 24.7 Å². The molecule has 2 N–H and O–H groups in total. The molecule has 1 saturated heterocycles. The van der Waals surface area contributed by atoms with Crippen LogP contribution in [0.3, 0.4) is 0 Å². The van der Waals surface area contributed by atoms with Crippen LogP contribution < -0.4 is 10.7 Å². The van der Waals surface area contributed by atoms with Gasteiger partial charge in [-0.1, -0.05) is 33.6 Å². The first kappa shape index (κ1) is 21.2. The number of anilines is 1. The van der Waals surface area contributed by atoms with Gasteiger partial charge in [-0.2, -0.15) is 0 Å². The smallest absolute Gasteiger partial charge is 0.269 e. The van der Waals surface area contributed by atoms with E-state index in [1.54, 1.807) is 48.5 Å². The second-order valence-electron chi connectivity index (χ2n) is 6.28. The van der Waals surface area contributed by atoms with Gasteiger partial charge in [0.2, 0.25) is 5.91 Å². The van der Waals surface area contributed by atoms with Crippen LogP contribution in [-0.2, 0) is 9.59 Å². The molecule has 1 fully saturated rings. The Bertz CT molecular complexity index is 986. The third-order valence-corrected chi connectivity index (χ3v) is 5.47. The molecule has 150 valence electrons. The largest absolute Gasteiger partial charge is 0.326 e. The number of likely N-dealkylation sites (N-methyl/N-ethyl adjacent to an activating group) is 1. The van der Waals surface area contributed by atoms with E-state index < -0.39 is 17.9 Å². The first-order valence-corrected chi connectivity index (χ1v) is 10.1. The summed E-state index contributed by atoms with van der Waals surface area (Å²) in [6.07, 6.45) is -0.198. The van der Waals surface area contributed by atoms with Gasteiger partial charge in [0.25, 0.3) is 11.8 Å². The molecule has 0 aliphatic carbocycles. The number of carbonyl (C=O) groups excluding carboxylic acids is 3. The first-order valence-electron chi connectivity index (χ1n) is 8.49. The highest BCUT2D eigenvalue weighted by atomic mass is 79.9. The summed E-state index contributed by atoms with van der Waals surface area (Å²) in [6, 6.07) is 12.4. The van der Waals surface area contributed by atoms with Crippen molar-refractivity contribution >= 4 is 68.3 Å². The monoisotopic (exact) mass is 494 g/mol. The van der Waals surface area contributed by atoms with E-state index in [1.807, 2.05) is 0 Å². The van der Waals surface area contributed by atoms with E-state index >= 15 is 0 Å². The van der Waals surface area contributed by atoms with Gasteiger partial charge in [0.1, 0.15) is 6.04 Å². The van der Waals surface area contributed by atoms with Gasteiger partial charge >= 0.3 is 0 Å². The molecule has 29 heavy (non-hydrogen) atoms. The standard InChI is InChI=1S/C19H16BrClN4O3S/c1-24-18(28)15(10-16(26)22-14-4-2-3-13(21)9-14)25(19(24)29)23-17(27)11-5-7-12(20)8-6-11/h2-9,15H,10H2,1H3,(H,22,26)(H,23,27)/t15-/m1/s1. The summed E-state index contributed by atoms with van der Waals surface area (Å²) < 4.78 is 0.830. The van der Waals surface area contributed by atoms with E-state index in [-0.39, 0.29) is 17.4 Å². The minimum atomic E-state index is -0.953. The molecule has 2 aromatic rings. The van der Waals surface area contributed by atoms with Crippen molar-refractivity contribution in [1.29, 1.82) is 0 Å². The second kappa shape index (κ2) is 8.89. The highest BCUT2D eigenvalue weighted by Gasteiger charge is 2.42. The van der Waals surface area contributed by atoms with Crippen LogP contribution in [0.4, 0.5) is 5.69 Å². The average Bonchev–Trinajstić information content (AvgIpc) is 2.87. The topological polar surface area (TPSA) is 81.8 Å². The molecule has 10 heteroatoms. The Morgan fingerprint density at radius 3 is 2.55 bits per heavy atom. The maximum Gasteiger partial charge on any atom is 0.269 e. The molecule has 1 atom stereocenters. The van der Waals surface area contributed by atoms with Gasteiger partial charge in [0.15, 0.2) is 5.11 Å². The lowest BCUT2D eigenvalue weighted by atomic mass is 10.2. The zero-order valence-corrected chi connectivity index (χ0v) is 18.3. The third-order valence-electron chi connectivity index (χ3n) is 4.24. The minimum absolute atomic E-state index is 0.112. The van der Waals surface area contributed by atoms with Crippen LogP contribution in [0.1, 0.15) is 16.8 Å². The number of halogens is 2. The van der Waals surface area contributed by atoms with Gasteiger partial charge in [-0.15, -0.1) is 0 Å². The van der Waals surface area contributed by atoms with Crippen molar-refractivity contribution in [2.75, 3.05) is 12.4 Å². The van der Waals surface area contributed by atoms with Gasteiger partial charge in [0.05, 0.1) is 6.42 Å². The van der Waals surface area contributed by atoms with Crippen molar-refractivity contribution in [3.05, 3.63) is 63.6 Å². The Morgan fingerprint density at radius 1 is 1.21 bits per heavy atom. The van der Waals surface area contributed by atoms with Crippen LogP contribution in [0.2, 0.25) is 5.02 Å². The molecule has 0 bridgehead atoms. The van der Waals surface area contributed by atoms with Crippen LogP contribution in [0.15, 0.2) is 53.0 Å². The molecular weight excluding hydrogens is 480 g/mol. The van der Waals surface area contributed by atoms with E-state index in [1.165, 1.54) is 17.0 Å². The Morgan fingerprint density at radius 2 is 1.90 bits per heavy atom. The molecule has 0 radical (unpaired) electrons. The van der Waals surface area contributed by atoms with Crippen molar-refractivity contribution in [1.82, 2.24) is 15.3 Å². The molecule has 1 aliphatic rings. The number of thiocarbonyl (C=S) groups is 1. The predicted molar refractivity (Wildman–Crippen MR) is 117 cm³/mol. The molecule has 0 spiro atoms. The van der Waals surface area contributed by atoms with Crippen molar-refractivity contribution in [3.8, 4) is 0 Å². The summed E-state index contributed by atoms with van der Waals surface area (Å²) in [7, 11) is 1.50. The van der Waals surface area contributed by atoms with Crippen LogP contribution in [0.5, 0.6) is 0 Å². The number of benzene rings is 2. The number of rotatable bonds is 5. The maximum absolute atomic E-state index is 12.6. The van der Waals surface area contributed by atoms with Gasteiger partial charge < -0.3 is 5.32 Å². The molecule has 0 unspecified atom stereocenters. The molecule has 1 heterocycles. The Kier molecular flexibility index (Phi) is 6.51. The summed E-state index contributed by atoms with van der Waals surface area (Å²) in [4.78, 5) is 38.8. The van der Waals surface area contributed by atoms with Crippen molar-refractivity contribution in [2.45, 2.75) is 12.5 Å². The highest BCUT2D eigenvalue weighted by molar-refractivity contribution is 9.10. The highest BCUT2D eigenvalue weighted by Crippen LogP contribution is 2.20. The predicted octanol–water partition coefficient (Wildman–Crippen LogP) is 3.20. The van der Waals surface area contributed by atoms with E-state index in [0.717, 1.165) is 4.47 Å². The summed E-state index contributed by atoms with van der Waals surface area (Å²) >= 11 is 14.5. The fourth-order valence-electron chi connectivity index (χ4n) is 2.76. The van der Waals surface area contributed by atoms with Crippen LogP contribution >= 0.6 is 39.7 Å². The maximum atomic E-state index is 12.6. The van der Waals surface area contributed by atoms with Gasteiger partial charge in [-0.25, -0.2) is 5.01 Å². The van der Waals surface area contributed by atoms with E-state index in [2.05, 4.69) is 26.7 Å². The zero-order chi connectivity index (χ0) is 21.1. The molecular formula is C19H16BrClN4O3S. The Hall–Kier alpha value is -2.49. The van der Waals surface area contributed by atoms with Crippen molar-refractivity contribution in [2.24, 2.45) is 0 Å². The number of carbonyl (C=O) groups is 3. The third kappa shape index (κ3) is 4.92. The molecule has 3 amide bonds. The molecule has 2 aromatic carbocycles. The number of nitrogens with one attached hydrogen (secondary N) is 2. The minimum Gasteiger partial charge on any atom is -0.326 e. The molecule has 1 aliphatic heterocycles. The van der Waals surface area contributed by atoms with Crippen molar-refractivity contribution in [3.63, 3.8) is 0 Å². The lowest BCUT2D eigenvalue weighted by Gasteiger charge is -2.24. The number of amides is 3. The second-order valence-corrected chi connectivity index (χ2v) is 7.99. The average molecular weight is 496 g/mol. The van der Waals surface area contributed by atoms with Gasteiger partial charge in [-0.05, 0) is 54.7 Å². The van der Waals surface area contributed by atoms with E-state index in [4.69, 9.17) is 23.8 Å². The number of nitrogens with zero attached hydrogens (tertiary/aromatic N) is 2. The van der Waals surface area contributed by atoms with Crippen LogP contribution in [0, 0.1) is 0 Å². The Balaban J connectivity index is 1.73. The fraction of sp³-hybridized carbons (Fsp3) is 0.158. The number of hydrogen-bond donors (Lipinski definition) is 2. The quantitative estimate of drug-likeness (QED) is 0.623. The van der Waals surface area contributed by atoms with Crippen LogP contribution in [0.25, 0.3) is 0 Å². The molecule has 3 rings (SSSR count). The number of hydrazine groups is 1. The summed E-state index contributed by atoms with van der Waals surface area (Å²) in [6.45, 7) is 0. The zero-order valence-electron chi connectivity index (χ0n) is 15.2. The first-order chi connectivity index (χ1) is 13.8. The number of hydrogen-bond acceptors (Lipinski definition) is 4. The summed E-state index contributed by atoms with van der Waals surface area (Å²) in [5, 5.41) is 4.53. The SMILES string of the molecule is CN1C(=O)[C@@H](CC(=O)Nc2cccc(Cl)c2)N(NC(=O)c2ccc(Br)cc2)C1=S. The normalized spacial score (nSPS) is 16.2. The van der Waals surface area contributed by atoms with Gasteiger partial charge in [0, 0.05) is 27.8 Å². The lowest BCUT2D eigenvalue weighted by molar-refractivity contribution is -0.130. The summed E-state index contributed by atoms with van der Waals surface area (Å²) in [5.41, 5.74) is 3.53. The molecule has 0 aromatic heterocycles. The molecule has 7 nitrogen and oxygen atoms in total.